The molecule has 1 unspecified atom stereocenters. The number of hydrogen-bond donors (Lipinski definition) is 2. The number of nitrogens with one attached hydrogen (secondary N) is 1. The fourth-order valence-corrected chi connectivity index (χ4v) is 3.68. The molecule has 23 heavy (non-hydrogen) atoms. The second-order valence-electron chi connectivity index (χ2n) is 6.79. The van der Waals surface area contributed by atoms with Crippen LogP contribution in [0.2, 0.25) is 5.02 Å². The molecule has 2 aliphatic rings. The van der Waals surface area contributed by atoms with Crippen LogP contribution in [0.4, 0.5) is 0 Å². The maximum atomic E-state index is 6.08. The molecule has 4 nitrogen and oxygen atoms in total. The molecule has 3 rings (SSSR count). The molecular formula is C18H27ClN4. The van der Waals surface area contributed by atoms with Crippen molar-refractivity contribution in [1.29, 1.82) is 0 Å². The van der Waals surface area contributed by atoms with E-state index < -0.39 is 0 Å². The molecular weight excluding hydrogens is 308 g/mol. The molecule has 0 spiro atoms. The van der Waals surface area contributed by atoms with Crippen molar-refractivity contribution >= 4 is 17.6 Å². The molecule has 1 saturated heterocycles. The summed E-state index contributed by atoms with van der Waals surface area (Å²) in [6, 6.07) is 8.75. The summed E-state index contributed by atoms with van der Waals surface area (Å²) in [5, 5.41) is 4.10. The number of nitrogens with two attached hydrogens (primary N) is 1. The standard InChI is InChI=1S/C18H27ClN4/c1-2-23-11-3-4-16(23)12-21-17(20)22-13-18(9-10-18)14-5-7-15(19)8-6-14/h5-8,16H,2-4,9-13H2,1H3,(H3,20,21,22). The van der Waals surface area contributed by atoms with Gasteiger partial charge in [-0.3, -0.25) is 9.89 Å². The van der Waals surface area contributed by atoms with Crippen LogP contribution in [0.5, 0.6) is 0 Å². The molecule has 0 amide bonds. The Morgan fingerprint density at radius 2 is 2.13 bits per heavy atom. The van der Waals surface area contributed by atoms with E-state index in [1.54, 1.807) is 0 Å². The van der Waals surface area contributed by atoms with Gasteiger partial charge in [0, 0.05) is 23.0 Å². The number of nitrogens with zero attached hydrogens (tertiary/aromatic N) is 2. The van der Waals surface area contributed by atoms with Gasteiger partial charge in [0.05, 0.1) is 6.54 Å². The van der Waals surface area contributed by atoms with E-state index >= 15 is 0 Å². The number of aliphatic imine (C=N–C) groups is 1. The minimum absolute atomic E-state index is 0.180. The molecule has 2 fully saturated rings. The SMILES string of the molecule is CCN1CCCC1CNC(N)=NCC1(c2ccc(Cl)cc2)CC1. The van der Waals surface area contributed by atoms with Crippen molar-refractivity contribution in [1.82, 2.24) is 10.2 Å². The van der Waals surface area contributed by atoms with Gasteiger partial charge in [-0.2, -0.15) is 0 Å². The van der Waals surface area contributed by atoms with Crippen molar-refractivity contribution in [3.8, 4) is 0 Å². The Hall–Kier alpha value is -1.26. The van der Waals surface area contributed by atoms with Gasteiger partial charge in [0.2, 0.25) is 0 Å². The first-order valence-electron chi connectivity index (χ1n) is 8.67. The van der Waals surface area contributed by atoms with Gasteiger partial charge in [0.1, 0.15) is 0 Å². The first kappa shape index (κ1) is 16.6. The van der Waals surface area contributed by atoms with Gasteiger partial charge >= 0.3 is 0 Å². The highest BCUT2D eigenvalue weighted by Gasteiger charge is 2.44. The molecule has 0 bridgehead atoms. The normalized spacial score (nSPS) is 23.9. The Bertz CT molecular complexity index is 551. The Balaban J connectivity index is 1.52. The fourth-order valence-electron chi connectivity index (χ4n) is 3.55. The largest absolute Gasteiger partial charge is 0.370 e. The highest BCUT2D eigenvalue weighted by atomic mass is 35.5. The number of rotatable bonds is 6. The van der Waals surface area contributed by atoms with Crippen LogP contribution in [-0.4, -0.2) is 43.1 Å². The first-order chi connectivity index (χ1) is 11.1. The van der Waals surface area contributed by atoms with Crippen molar-refractivity contribution in [3.63, 3.8) is 0 Å². The topological polar surface area (TPSA) is 53.6 Å². The number of benzene rings is 1. The van der Waals surface area contributed by atoms with E-state index in [1.165, 1.54) is 37.8 Å². The summed E-state index contributed by atoms with van der Waals surface area (Å²) < 4.78 is 0. The summed E-state index contributed by atoms with van der Waals surface area (Å²) in [5.74, 6) is 0.577. The van der Waals surface area contributed by atoms with E-state index in [4.69, 9.17) is 17.3 Å². The van der Waals surface area contributed by atoms with Crippen LogP contribution in [0.25, 0.3) is 0 Å². The molecule has 0 radical (unpaired) electrons. The highest BCUT2D eigenvalue weighted by Crippen LogP contribution is 2.48. The maximum Gasteiger partial charge on any atom is 0.188 e. The van der Waals surface area contributed by atoms with Crippen molar-refractivity contribution in [2.24, 2.45) is 10.7 Å². The van der Waals surface area contributed by atoms with E-state index in [0.29, 0.717) is 12.0 Å². The average molecular weight is 335 g/mol. The fraction of sp³-hybridized carbons (Fsp3) is 0.611. The average Bonchev–Trinajstić information content (AvgIpc) is 3.21. The van der Waals surface area contributed by atoms with Crippen molar-refractivity contribution in [2.45, 2.75) is 44.1 Å². The van der Waals surface area contributed by atoms with Crippen molar-refractivity contribution < 1.29 is 0 Å². The third-order valence-corrected chi connectivity index (χ3v) is 5.54. The van der Waals surface area contributed by atoms with Gasteiger partial charge in [-0.1, -0.05) is 30.7 Å². The van der Waals surface area contributed by atoms with Crippen molar-refractivity contribution in [2.75, 3.05) is 26.2 Å². The first-order valence-corrected chi connectivity index (χ1v) is 9.05. The summed E-state index contributed by atoms with van der Waals surface area (Å²) in [7, 11) is 0. The van der Waals surface area contributed by atoms with E-state index in [-0.39, 0.29) is 5.41 Å². The van der Waals surface area contributed by atoms with Crippen LogP contribution < -0.4 is 11.1 Å². The maximum absolute atomic E-state index is 6.08. The molecule has 3 N–H and O–H groups in total. The Labute approximate surface area is 144 Å². The van der Waals surface area contributed by atoms with Gasteiger partial charge in [-0.05, 0) is 56.5 Å². The lowest BCUT2D eigenvalue weighted by atomic mass is 9.96. The minimum atomic E-state index is 0.180. The zero-order valence-corrected chi connectivity index (χ0v) is 14.6. The van der Waals surface area contributed by atoms with E-state index in [9.17, 15) is 0 Å². The van der Waals surface area contributed by atoms with E-state index in [0.717, 1.165) is 24.7 Å². The monoisotopic (exact) mass is 334 g/mol. The number of hydrogen-bond acceptors (Lipinski definition) is 2. The lowest BCUT2D eigenvalue weighted by molar-refractivity contribution is 0.267. The summed E-state index contributed by atoms with van der Waals surface area (Å²) in [6.45, 7) is 6.20. The molecule has 0 aromatic heterocycles. The third-order valence-electron chi connectivity index (χ3n) is 5.29. The number of likely N-dealkylation sites (N-methyl/N-ethyl adjacent to an activating group) is 1. The van der Waals surface area contributed by atoms with Gasteiger partial charge in [0.15, 0.2) is 5.96 Å². The van der Waals surface area contributed by atoms with E-state index in [2.05, 4.69) is 34.3 Å². The summed E-state index contributed by atoms with van der Waals surface area (Å²) in [4.78, 5) is 7.11. The molecule has 126 valence electrons. The summed E-state index contributed by atoms with van der Waals surface area (Å²) in [6.07, 6.45) is 4.90. The van der Waals surface area contributed by atoms with Gasteiger partial charge < -0.3 is 11.1 Å². The van der Waals surface area contributed by atoms with E-state index in [1.807, 2.05) is 12.1 Å². The van der Waals surface area contributed by atoms with Crippen LogP contribution in [-0.2, 0) is 5.41 Å². The zero-order chi connectivity index (χ0) is 16.3. The Morgan fingerprint density at radius 3 is 2.78 bits per heavy atom. The molecule has 1 aromatic rings. The second kappa shape index (κ2) is 7.10. The molecule has 1 saturated carbocycles. The predicted octanol–water partition coefficient (Wildman–Crippen LogP) is 2.76. The van der Waals surface area contributed by atoms with Crippen LogP contribution in [0, 0.1) is 0 Å². The number of halogens is 1. The third kappa shape index (κ3) is 3.99. The Kier molecular flexibility index (Phi) is 5.12. The molecule has 1 aliphatic carbocycles. The lowest BCUT2D eigenvalue weighted by Crippen LogP contribution is -2.43. The van der Waals surface area contributed by atoms with Gasteiger partial charge in [-0.25, -0.2) is 0 Å². The zero-order valence-electron chi connectivity index (χ0n) is 13.9. The van der Waals surface area contributed by atoms with Gasteiger partial charge in [0.25, 0.3) is 0 Å². The number of likely N-dealkylation sites (tertiary alicyclic amines) is 1. The van der Waals surface area contributed by atoms with Gasteiger partial charge in [-0.15, -0.1) is 0 Å². The second-order valence-corrected chi connectivity index (χ2v) is 7.23. The quantitative estimate of drug-likeness (QED) is 0.621. The summed E-state index contributed by atoms with van der Waals surface area (Å²) in [5.41, 5.74) is 7.58. The summed E-state index contributed by atoms with van der Waals surface area (Å²) >= 11 is 5.98. The molecule has 1 atom stereocenters. The predicted molar refractivity (Wildman–Crippen MR) is 97.1 cm³/mol. The smallest absolute Gasteiger partial charge is 0.188 e. The molecule has 1 aromatic carbocycles. The van der Waals surface area contributed by atoms with Crippen LogP contribution in [0.1, 0.15) is 38.2 Å². The molecule has 1 aliphatic heterocycles. The lowest BCUT2D eigenvalue weighted by Gasteiger charge is -2.23. The van der Waals surface area contributed by atoms with Crippen LogP contribution >= 0.6 is 11.6 Å². The Morgan fingerprint density at radius 1 is 1.39 bits per heavy atom. The van der Waals surface area contributed by atoms with Crippen LogP contribution in [0.3, 0.4) is 0 Å². The highest BCUT2D eigenvalue weighted by molar-refractivity contribution is 6.30. The molecule has 5 heteroatoms. The van der Waals surface area contributed by atoms with Crippen molar-refractivity contribution in [3.05, 3.63) is 34.9 Å². The number of guanidine groups is 1. The van der Waals surface area contributed by atoms with Crippen LogP contribution in [0.15, 0.2) is 29.3 Å². The minimum Gasteiger partial charge on any atom is -0.370 e. The molecule has 1 heterocycles.